The van der Waals surface area contributed by atoms with Crippen LogP contribution in [0.2, 0.25) is 0 Å². The molecule has 2 heterocycles. The van der Waals surface area contributed by atoms with Crippen LogP contribution in [0.15, 0.2) is 35.4 Å². The molecule has 1 aliphatic heterocycles. The number of amides is 3. The van der Waals surface area contributed by atoms with E-state index in [1.807, 2.05) is 26.8 Å². The number of rotatable bonds is 7. The highest BCUT2D eigenvalue weighted by molar-refractivity contribution is 7.99. The number of fused-ring (bicyclic) bond motifs is 1. The van der Waals surface area contributed by atoms with Crippen LogP contribution < -0.4 is 15.5 Å². The van der Waals surface area contributed by atoms with Crippen molar-refractivity contribution < 1.29 is 14.3 Å². The van der Waals surface area contributed by atoms with E-state index >= 15 is 0 Å². The van der Waals surface area contributed by atoms with Gasteiger partial charge in [0.15, 0.2) is 0 Å². The minimum atomic E-state index is -0.196. The zero-order chi connectivity index (χ0) is 21.5. The molecule has 3 rings (SSSR count). The Morgan fingerprint density at radius 1 is 1.23 bits per heavy atom. The Morgan fingerprint density at radius 3 is 2.73 bits per heavy atom. The molecule has 0 radical (unpaired) electrons. The van der Waals surface area contributed by atoms with Crippen LogP contribution in [0, 0.1) is 13.8 Å². The third kappa shape index (κ3) is 5.52. The van der Waals surface area contributed by atoms with E-state index in [1.54, 1.807) is 40.9 Å². The second kappa shape index (κ2) is 10.4. The number of nitrogens with zero attached hydrogens (tertiary/aromatic N) is 2. The van der Waals surface area contributed by atoms with Gasteiger partial charge in [-0.1, -0.05) is 0 Å². The number of hydrogen-bond donors (Lipinski definition) is 2. The van der Waals surface area contributed by atoms with E-state index in [9.17, 15) is 9.59 Å². The van der Waals surface area contributed by atoms with Crippen molar-refractivity contribution in [2.24, 2.45) is 0 Å². The number of pyridine rings is 1. The highest BCUT2D eigenvalue weighted by atomic mass is 32.2. The van der Waals surface area contributed by atoms with E-state index < -0.39 is 0 Å². The molecule has 2 N–H and O–H groups in total. The molecule has 1 aromatic heterocycles. The summed E-state index contributed by atoms with van der Waals surface area (Å²) in [6.45, 7) is 8.41. The van der Waals surface area contributed by atoms with Gasteiger partial charge in [0.2, 0.25) is 0 Å². The lowest BCUT2D eigenvalue weighted by Crippen LogP contribution is -2.39. The summed E-state index contributed by atoms with van der Waals surface area (Å²) < 4.78 is 5.26. The van der Waals surface area contributed by atoms with Gasteiger partial charge in [0.05, 0.1) is 5.69 Å². The quantitative estimate of drug-likeness (QED) is 0.652. The van der Waals surface area contributed by atoms with Crippen molar-refractivity contribution in [1.29, 1.82) is 0 Å². The largest absolute Gasteiger partial charge is 0.382 e. The number of aromatic nitrogens is 1. The number of carbonyl (C=O) groups is 2. The Balaban J connectivity index is 1.60. The number of nitrogens with one attached hydrogen (secondary N) is 2. The molecular weight excluding hydrogens is 400 g/mol. The second-order valence-corrected chi connectivity index (χ2v) is 8.13. The first kappa shape index (κ1) is 22.1. The molecule has 30 heavy (non-hydrogen) atoms. The Bertz CT molecular complexity index is 902. The monoisotopic (exact) mass is 428 g/mol. The first-order valence-corrected chi connectivity index (χ1v) is 11.1. The van der Waals surface area contributed by atoms with Crippen LogP contribution >= 0.6 is 11.8 Å². The zero-order valence-electron chi connectivity index (χ0n) is 17.7. The summed E-state index contributed by atoms with van der Waals surface area (Å²) in [7, 11) is 0. The topological polar surface area (TPSA) is 83.6 Å². The van der Waals surface area contributed by atoms with Crippen molar-refractivity contribution in [3.05, 3.63) is 47.2 Å². The fourth-order valence-electron chi connectivity index (χ4n) is 3.29. The summed E-state index contributed by atoms with van der Waals surface area (Å²) in [6.07, 6.45) is 0.775. The number of carbonyl (C=O) groups excluding carboxylic acids is 2. The van der Waals surface area contributed by atoms with Gasteiger partial charge >= 0.3 is 6.03 Å². The summed E-state index contributed by atoms with van der Waals surface area (Å²) in [5.41, 5.74) is 4.06. The molecular formula is C22H28N4O3S. The van der Waals surface area contributed by atoms with Gasteiger partial charge in [-0.15, -0.1) is 11.8 Å². The van der Waals surface area contributed by atoms with Crippen LogP contribution in [0.4, 0.5) is 16.2 Å². The van der Waals surface area contributed by atoms with E-state index in [4.69, 9.17) is 4.74 Å². The molecule has 2 aromatic rings. The smallest absolute Gasteiger partial charge is 0.326 e. The number of thioether (sulfide) groups is 1. The molecule has 0 saturated carbocycles. The molecule has 0 aliphatic carbocycles. The van der Waals surface area contributed by atoms with Crippen LogP contribution in [0.3, 0.4) is 0 Å². The molecule has 7 nitrogen and oxygen atoms in total. The predicted molar refractivity (Wildman–Crippen MR) is 121 cm³/mol. The Kier molecular flexibility index (Phi) is 7.70. The molecule has 0 fully saturated rings. The van der Waals surface area contributed by atoms with Crippen LogP contribution in [0.5, 0.6) is 0 Å². The molecule has 0 bridgehead atoms. The number of benzene rings is 1. The predicted octanol–water partition coefficient (Wildman–Crippen LogP) is 4.00. The van der Waals surface area contributed by atoms with E-state index in [-0.39, 0.29) is 11.9 Å². The van der Waals surface area contributed by atoms with Gasteiger partial charge in [-0.3, -0.25) is 9.69 Å². The molecule has 1 aromatic carbocycles. The van der Waals surface area contributed by atoms with Crippen molar-refractivity contribution in [3.63, 3.8) is 0 Å². The Labute approximate surface area is 181 Å². The number of urea groups is 1. The Morgan fingerprint density at radius 2 is 2.00 bits per heavy atom. The fraction of sp³-hybridized carbons (Fsp3) is 0.409. The van der Waals surface area contributed by atoms with Gasteiger partial charge in [-0.05, 0) is 63.1 Å². The van der Waals surface area contributed by atoms with E-state index in [2.05, 4.69) is 15.6 Å². The molecule has 8 heteroatoms. The summed E-state index contributed by atoms with van der Waals surface area (Å²) in [5.74, 6) is 0.669. The van der Waals surface area contributed by atoms with Gasteiger partial charge in [0, 0.05) is 49.0 Å². The lowest BCUT2D eigenvalue weighted by molar-refractivity contribution is 0.0944. The molecule has 160 valence electrons. The first-order chi connectivity index (χ1) is 14.5. The summed E-state index contributed by atoms with van der Waals surface area (Å²) in [4.78, 5) is 31.4. The van der Waals surface area contributed by atoms with Crippen LogP contribution in [0.1, 0.15) is 35.0 Å². The normalized spacial score (nSPS) is 13.0. The van der Waals surface area contributed by atoms with Crippen molar-refractivity contribution >= 4 is 35.1 Å². The molecule has 0 saturated heterocycles. The lowest BCUT2D eigenvalue weighted by Gasteiger charge is -2.30. The third-order valence-electron chi connectivity index (χ3n) is 4.70. The van der Waals surface area contributed by atoms with Crippen LogP contribution in [-0.4, -0.2) is 49.0 Å². The molecule has 0 spiro atoms. The summed E-state index contributed by atoms with van der Waals surface area (Å²) >= 11 is 1.68. The van der Waals surface area contributed by atoms with Gasteiger partial charge in [-0.2, -0.15) is 0 Å². The van der Waals surface area contributed by atoms with Crippen LogP contribution in [0.25, 0.3) is 0 Å². The second-order valence-electron chi connectivity index (χ2n) is 7.05. The van der Waals surface area contributed by atoms with Crippen molar-refractivity contribution in [2.45, 2.75) is 32.2 Å². The average Bonchev–Trinajstić information content (AvgIpc) is 2.73. The standard InChI is InChI=1S/C22H28N4O3S/c1-4-29-12-5-10-23-20(27)17-6-8-18(9-7-17)25-22(28)26-11-13-30-21-19(26)15(2)14-16(3)24-21/h6-9,14H,4-5,10-13H2,1-3H3,(H,23,27)(H,25,28). The number of anilines is 2. The average molecular weight is 429 g/mol. The molecule has 3 amide bonds. The molecule has 1 aliphatic rings. The van der Waals surface area contributed by atoms with E-state index in [1.165, 1.54) is 0 Å². The maximum absolute atomic E-state index is 12.9. The fourth-order valence-corrected chi connectivity index (χ4v) is 4.38. The van der Waals surface area contributed by atoms with Crippen molar-refractivity contribution in [1.82, 2.24) is 10.3 Å². The minimum absolute atomic E-state index is 0.136. The maximum atomic E-state index is 12.9. The Hall–Kier alpha value is -2.58. The van der Waals surface area contributed by atoms with Gasteiger partial charge < -0.3 is 15.4 Å². The van der Waals surface area contributed by atoms with Gasteiger partial charge in [0.25, 0.3) is 5.91 Å². The zero-order valence-corrected chi connectivity index (χ0v) is 18.5. The summed E-state index contributed by atoms with van der Waals surface area (Å²) in [5, 5.41) is 6.69. The SMILES string of the molecule is CCOCCCNC(=O)c1ccc(NC(=O)N2CCSc3nc(C)cc(C)c32)cc1. The minimum Gasteiger partial charge on any atom is -0.382 e. The molecule has 0 atom stereocenters. The van der Waals surface area contributed by atoms with Crippen LogP contribution in [-0.2, 0) is 4.74 Å². The maximum Gasteiger partial charge on any atom is 0.326 e. The third-order valence-corrected chi connectivity index (χ3v) is 5.65. The lowest BCUT2D eigenvalue weighted by atomic mass is 10.2. The highest BCUT2D eigenvalue weighted by Gasteiger charge is 2.26. The first-order valence-electron chi connectivity index (χ1n) is 10.1. The number of hydrogen-bond acceptors (Lipinski definition) is 5. The number of aryl methyl sites for hydroxylation is 2. The van der Waals surface area contributed by atoms with Gasteiger partial charge in [0.1, 0.15) is 5.03 Å². The highest BCUT2D eigenvalue weighted by Crippen LogP contribution is 2.36. The van der Waals surface area contributed by atoms with Crippen molar-refractivity contribution in [2.75, 3.05) is 42.3 Å². The molecule has 0 unspecified atom stereocenters. The van der Waals surface area contributed by atoms with Gasteiger partial charge in [-0.25, -0.2) is 9.78 Å². The number of ether oxygens (including phenoxy) is 1. The van der Waals surface area contributed by atoms with E-state index in [0.29, 0.717) is 37.6 Å². The van der Waals surface area contributed by atoms with E-state index in [0.717, 1.165) is 34.1 Å². The van der Waals surface area contributed by atoms with Crippen molar-refractivity contribution in [3.8, 4) is 0 Å². The summed E-state index contributed by atoms with van der Waals surface area (Å²) in [6, 6.07) is 8.71.